The van der Waals surface area contributed by atoms with Crippen molar-refractivity contribution in [2.75, 3.05) is 28.4 Å². The number of phosphoric ester groups is 1. The molecule has 0 heterocycles. The number of phosphoric acid groups is 1. The van der Waals surface area contributed by atoms with Crippen molar-refractivity contribution in [1.29, 1.82) is 0 Å². The van der Waals surface area contributed by atoms with E-state index in [-0.39, 0.29) is 11.5 Å². The Bertz CT molecular complexity index is 805. The molecular weight excluding hydrogens is 375 g/mol. The van der Waals surface area contributed by atoms with Crippen LogP contribution in [-0.4, -0.2) is 38.2 Å². The van der Waals surface area contributed by atoms with Crippen LogP contribution in [-0.2, 0) is 17.4 Å². The van der Waals surface area contributed by atoms with Crippen LogP contribution in [0.15, 0.2) is 30.3 Å². The van der Waals surface area contributed by atoms with Gasteiger partial charge >= 0.3 is 7.82 Å². The molecule has 0 bridgehead atoms. The third-order valence-corrected chi connectivity index (χ3v) is 4.31. The highest BCUT2D eigenvalue weighted by Crippen LogP contribution is 2.42. The van der Waals surface area contributed by atoms with E-state index < -0.39 is 7.82 Å². The van der Waals surface area contributed by atoms with Gasteiger partial charge in [-0.25, -0.2) is 4.57 Å². The van der Waals surface area contributed by atoms with Crippen LogP contribution in [0.4, 0.5) is 0 Å². The summed E-state index contributed by atoms with van der Waals surface area (Å²) < 4.78 is 36.9. The normalized spacial score (nSPS) is 11.0. The fraction of sp³-hybridized carbons (Fsp3) is 0.333. The number of aryl methyl sites for hydroxylation is 2. The topological polar surface area (TPSA) is 104 Å². The molecule has 0 atom stereocenters. The van der Waals surface area contributed by atoms with Gasteiger partial charge in [-0.1, -0.05) is 6.07 Å². The number of hydrogen-bond acceptors (Lipinski definition) is 6. The zero-order valence-electron chi connectivity index (χ0n) is 15.6. The van der Waals surface area contributed by atoms with Gasteiger partial charge in [0.05, 0.1) is 28.4 Å². The van der Waals surface area contributed by atoms with Gasteiger partial charge in [0.1, 0.15) is 0 Å². The standard InChI is InChI=1S/C18H23O8P/c1-22-14-8-7-12(9-15(14)26-27(19,20)21)5-6-13-10-16(23-2)18(25-4)17(11-13)24-3/h7-11H,5-6H2,1-4H3,(H2,19,20,21). The van der Waals surface area contributed by atoms with E-state index in [0.717, 1.165) is 11.1 Å². The lowest BCUT2D eigenvalue weighted by Gasteiger charge is -2.15. The molecule has 27 heavy (non-hydrogen) atoms. The third-order valence-electron chi connectivity index (χ3n) is 3.87. The smallest absolute Gasteiger partial charge is 0.493 e. The van der Waals surface area contributed by atoms with Crippen LogP contribution in [0.5, 0.6) is 28.7 Å². The summed E-state index contributed by atoms with van der Waals surface area (Å²) in [5, 5.41) is 0. The minimum atomic E-state index is -4.68. The first-order valence-corrected chi connectivity index (χ1v) is 9.55. The minimum Gasteiger partial charge on any atom is -0.493 e. The maximum Gasteiger partial charge on any atom is 0.524 e. The number of benzene rings is 2. The monoisotopic (exact) mass is 398 g/mol. The Kier molecular flexibility index (Phi) is 6.96. The third kappa shape index (κ3) is 5.53. The summed E-state index contributed by atoms with van der Waals surface area (Å²) in [6.45, 7) is 0. The molecule has 8 nitrogen and oxygen atoms in total. The van der Waals surface area contributed by atoms with Gasteiger partial charge in [-0.05, 0) is 48.2 Å². The largest absolute Gasteiger partial charge is 0.524 e. The quantitative estimate of drug-likeness (QED) is 0.622. The molecule has 148 valence electrons. The predicted molar refractivity (Wildman–Crippen MR) is 99.2 cm³/mol. The van der Waals surface area contributed by atoms with Gasteiger partial charge in [0.15, 0.2) is 23.0 Å². The van der Waals surface area contributed by atoms with Crippen molar-refractivity contribution in [1.82, 2.24) is 0 Å². The molecule has 0 saturated carbocycles. The van der Waals surface area contributed by atoms with Crippen LogP contribution in [0.1, 0.15) is 11.1 Å². The average Bonchev–Trinajstić information content (AvgIpc) is 2.64. The van der Waals surface area contributed by atoms with Crippen LogP contribution in [0.2, 0.25) is 0 Å². The van der Waals surface area contributed by atoms with Crippen molar-refractivity contribution in [3.63, 3.8) is 0 Å². The van der Waals surface area contributed by atoms with Crippen LogP contribution < -0.4 is 23.5 Å². The molecule has 0 saturated heterocycles. The molecule has 0 aliphatic carbocycles. The van der Waals surface area contributed by atoms with Gasteiger partial charge in [-0.3, -0.25) is 9.79 Å². The van der Waals surface area contributed by atoms with E-state index in [1.165, 1.54) is 7.11 Å². The van der Waals surface area contributed by atoms with Crippen molar-refractivity contribution < 1.29 is 37.8 Å². The molecule has 0 aliphatic heterocycles. The van der Waals surface area contributed by atoms with E-state index in [2.05, 4.69) is 0 Å². The van der Waals surface area contributed by atoms with Crippen molar-refractivity contribution in [2.24, 2.45) is 0 Å². The first kappa shape index (κ1) is 20.9. The highest BCUT2D eigenvalue weighted by molar-refractivity contribution is 7.46. The second-order valence-electron chi connectivity index (χ2n) is 5.60. The van der Waals surface area contributed by atoms with E-state index in [0.29, 0.717) is 30.1 Å². The molecule has 0 aromatic heterocycles. The SMILES string of the molecule is COc1ccc(CCc2cc(OC)c(OC)c(OC)c2)cc1OP(=O)(O)O. The molecule has 2 aromatic carbocycles. The van der Waals surface area contributed by atoms with E-state index in [1.54, 1.807) is 33.5 Å². The summed E-state index contributed by atoms with van der Waals surface area (Å²) in [5.41, 5.74) is 1.78. The highest BCUT2D eigenvalue weighted by atomic mass is 31.2. The Morgan fingerprint density at radius 3 is 1.74 bits per heavy atom. The predicted octanol–water partition coefficient (Wildman–Crippen LogP) is 2.98. The second-order valence-corrected chi connectivity index (χ2v) is 6.76. The molecule has 2 aromatic rings. The Morgan fingerprint density at radius 1 is 0.741 bits per heavy atom. The van der Waals surface area contributed by atoms with E-state index in [4.69, 9.17) is 33.3 Å². The van der Waals surface area contributed by atoms with Gasteiger partial charge in [0.25, 0.3) is 0 Å². The minimum absolute atomic E-state index is 0.00627. The first-order valence-electron chi connectivity index (χ1n) is 8.02. The van der Waals surface area contributed by atoms with Gasteiger partial charge in [-0.15, -0.1) is 0 Å². The fourth-order valence-electron chi connectivity index (χ4n) is 2.64. The molecule has 0 radical (unpaired) electrons. The molecule has 0 spiro atoms. The zero-order chi connectivity index (χ0) is 20.0. The Hall–Kier alpha value is -2.41. The summed E-state index contributed by atoms with van der Waals surface area (Å²) in [7, 11) is 1.36. The number of hydrogen-bond donors (Lipinski definition) is 2. The van der Waals surface area contributed by atoms with Crippen LogP contribution in [0, 0.1) is 0 Å². The summed E-state index contributed by atoms with van der Waals surface area (Å²) in [6.07, 6.45) is 1.23. The van der Waals surface area contributed by atoms with E-state index >= 15 is 0 Å². The molecule has 0 amide bonds. The average molecular weight is 398 g/mol. The Labute approximate surface area is 157 Å². The van der Waals surface area contributed by atoms with Gasteiger partial charge in [0.2, 0.25) is 5.75 Å². The van der Waals surface area contributed by atoms with Crippen LogP contribution in [0.25, 0.3) is 0 Å². The van der Waals surface area contributed by atoms with E-state index in [9.17, 15) is 4.57 Å². The van der Waals surface area contributed by atoms with Gasteiger partial charge < -0.3 is 23.5 Å². The van der Waals surface area contributed by atoms with Gasteiger partial charge in [-0.2, -0.15) is 0 Å². The molecule has 0 aliphatic rings. The lowest BCUT2D eigenvalue weighted by molar-refractivity contribution is 0.276. The molecule has 2 rings (SSSR count). The summed E-state index contributed by atoms with van der Waals surface area (Å²) >= 11 is 0. The zero-order valence-corrected chi connectivity index (χ0v) is 16.5. The molecular formula is C18H23O8P. The second kappa shape index (κ2) is 8.99. The summed E-state index contributed by atoms with van der Waals surface area (Å²) in [5.74, 6) is 1.88. The molecule has 9 heteroatoms. The molecule has 0 fully saturated rings. The Morgan fingerprint density at radius 2 is 1.26 bits per heavy atom. The van der Waals surface area contributed by atoms with Crippen LogP contribution in [0.3, 0.4) is 0 Å². The summed E-state index contributed by atoms with van der Waals surface area (Å²) in [4.78, 5) is 18.1. The van der Waals surface area contributed by atoms with Crippen molar-refractivity contribution in [3.05, 3.63) is 41.5 Å². The van der Waals surface area contributed by atoms with Crippen molar-refractivity contribution in [3.8, 4) is 28.7 Å². The van der Waals surface area contributed by atoms with Crippen LogP contribution >= 0.6 is 7.82 Å². The molecule has 2 N–H and O–H groups in total. The first-order chi connectivity index (χ1) is 12.8. The number of ether oxygens (including phenoxy) is 4. The maximum absolute atomic E-state index is 11.1. The summed E-state index contributed by atoms with van der Waals surface area (Å²) in [6, 6.07) is 8.69. The maximum atomic E-state index is 11.1. The highest BCUT2D eigenvalue weighted by Gasteiger charge is 2.19. The Balaban J connectivity index is 2.23. The lowest BCUT2D eigenvalue weighted by Crippen LogP contribution is -1.99. The van der Waals surface area contributed by atoms with Crippen molar-refractivity contribution >= 4 is 7.82 Å². The lowest BCUT2D eigenvalue weighted by atomic mass is 10.0. The molecule has 0 unspecified atom stereocenters. The fourth-order valence-corrected chi connectivity index (χ4v) is 3.04. The van der Waals surface area contributed by atoms with E-state index in [1.807, 2.05) is 18.2 Å². The van der Waals surface area contributed by atoms with Gasteiger partial charge in [0, 0.05) is 0 Å². The number of rotatable bonds is 9. The number of methoxy groups -OCH3 is 4. The van der Waals surface area contributed by atoms with Crippen molar-refractivity contribution in [2.45, 2.75) is 12.8 Å².